The first-order chi connectivity index (χ1) is 11.2. The summed E-state index contributed by atoms with van der Waals surface area (Å²) in [6, 6.07) is 10.1. The molecule has 3 aliphatic heterocycles. The number of rotatable bonds is 3. The maximum atomic E-state index is 13.0. The van der Waals surface area contributed by atoms with Gasteiger partial charge in [0.15, 0.2) is 0 Å². The minimum atomic E-state index is -0.263. The molecular weight excluding hydrogens is 293 g/mol. The van der Waals surface area contributed by atoms with Crippen molar-refractivity contribution in [3.8, 4) is 11.3 Å². The second kappa shape index (κ2) is 5.81. The Balaban J connectivity index is 1.46. The molecule has 3 aliphatic rings. The summed E-state index contributed by atoms with van der Waals surface area (Å²) in [6.07, 6.45) is 2.35. The van der Waals surface area contributed by atoms with Crippen molar-refractivity contribution < 1.29 is 9.18 Å². The summed E-state index contributed by atoms with van der Waals surface area (Å²) in [5, 5.41) is 3.17. The number of nitrogens with zero attached hydrogens (tertiary/aromatic N) is 1. The average molecular weight is 313 g/mol. The summed E-state index contributed by atoms with van der Waals surface area (Å²) in [6.45, 7) is 3.28. The zero-order valence-electron chi connectivity index (χ0n) is 12.9. The fourth-order valence-corrected chi connectivity index (χ4v) is 3.70. The van der Waals surface area contributed by atoms with E-state index in [4.69, 9.17) is 0 Å². The van der Waals surface area contributed by atoms with E-state index in [1.54, 1.807) is 18.2 Å². The van der Waals surface area contributed by atoms with E-state index in [1.165, 1.54) is 25.0 Å². The summed E-state index contributed by atoms with van der Waals surface area (Å²) < 4.78 is 13.0. The third kappa shape index (κ3) is 2.88. The number of H-pyrrole nitrogens is 1. The highest BCUT2D eigenvalue weighted by molar-refractivity contribution is 5.93. The number of fused-ring (bicyclic) bond motifs is 3. The molecule has 4 heterocycles. The molecule has 5 heteroatoms. The molecule has 2 bridgehead atoms. The Kier molecular flexibility index (Phi) is 3.65. The van der Waals surface area contributed by atoms with E-state index in [1.807, 2.05) is 6.07 Å². The number of halogens is 1. The zero-order chi connectivity index (χ0) is 15.8. The first kappa shape index (κ1) is 14.5. The number of carbonyl (C=O) groups excluding carboxylic acids is 1. The molecule has 23 heavy (non-hydrogen) atoms. The van der Waals surface area contributed by atoms with Gasteiger partial charge in [-0.1, -0.05) is 0 Å². The lowest BCUT2D eigenvalue weighted by Crippen LogP contribution is -2.57. The van der Waals surface area contributed by atoms with E-state index in [-0.39, 0.29) is 17.8 Å². The van der Waals surface area contributed by atoms with Gasteiger partial charge in [-0.15, -0.1) is 0 Å². The molecule has 1 amide bonds. The molecule has 1 aromatic carbocycles. The number of nitrogens with one attached hydrogen (secondary N) is 2. The second-order valence-corrected chi connectivity index (χ2v) is 6.51. The van der Waals surface area contributed by atoms with E-state index >= 15 is 0 Å². The molecule has 1 atom stereocenters. The summed E-state index contributed by atoms with van der Waals surface area (Å²) in [7, 11) is 0. The molecule has 120 valence electrons. The van der Waals surface area contributed by atoms with Crippen LogP contribution in [0.5, 0.6) is 0 Å². The predicted molar refractivity (Wildman–Crippen MR) is 86.6 cm³/mol. The van der Waals surface area contributed by atoms with Crippen LogP contribution in [0, 0.1) is 11.7 Å². The fraction of sp³-hybridized carbons (Fsp3) is 0.389. The molecule has 5 rings (SSSR count). The van der Waals surface area contributed by atoms with Crippen LogP contribution in [0.25, 0.3) is 11.3 Å². The van der Waals surface area contributed by atoms with E-state index < -0.39 is 0 Å². The number of aromatic amines is 1. The number of hydrogen-bond donors (Lipinski definition) is 2. The van der Waals surface area contributed by atoms with E-state index in [0.29, 0.717) is 11.6 Å². The molecule has 0 spiro atoms. The fourth-order valence-electron chi connectivity index (χ4n) is 3.70. The Morgan fingerprint density at radius 1 is 1.13 bits per heavy atom. The van der Waals surface area contributed by atoms with Crippen molar-refractivity contribution in [3.63, 3.8) is 0 Å². The predicted octanol–water partition coefficient (Wildman–Crippen LogP) is 2.64. The molecule has 3 fully saturated rings. The van der Waals surface area contributed by atoms with Gasteiger partial charge in [-0.05, 0) is 73.8 Å². The molecule has 0 saturated carbocycles. The normalized spacial score (nSPS) is 26.2. The lowest BCUT2D eigenvalue weighted by Gasteiger charge is -2.44. The van der Waals surface area contributed by atoms with Gasteiger partial charge in [0.1, 0.15) is 11.5 Å². The lowest BCUT2D eigenvalue weighted by atomic mass is 9.84. The van der Waals surface area contributed by atoms with Gasteiger partial charge < -0.3 is 15.2 Å². The van der Waals surface area contributed by atoms with Crippen molar-refractivity contribution in [2.75, 3.05) is 19.6 Å². The molecular formula is C18H20FN3O. The van der Waals surface area contributed by atoms with Crippen molar-refractivity contribution in [2.45, 2.75) is 18.9 Å². The number of aromatic nitrogens is 1. The Morgan fingerprint density at radius 3 is 2.52 bits per heavy atom. The minimum Gasteiger partial charge on any atom is -0.351 e. The molecule has 4 nitrogen and oxygen atoms in total. The summed E-state index contributed by atoms with van der Waals surface area (Å²) in [4.78, 5) is 18.0. The van der Waals surface area contributed by atoms with Crippen LogP contribution in [0.1, 0.15) is 23.3 Å². The van der Waals surface area contributed by atoms with Crippen molar-refractivity contribution in [1.82, 2.24) is 15.2 Å². The highest BCUT2D eigenvalue weighted by Crippen LogP contribution is 2.27. The Bertz CT molecular complexity index is 701. The van der Waals surface area contributed by atoms with E-state index in [9.17, 15) is 9.18 Å². The Morgan fingerprint density at radius 2 is 1.87 bits per heavy atom. The van der Waals surface area contributed by atoms with Crippen LogP contribution in [0.4, 0.5) is 4.39 Å². The number of amides is 1. The number of benzene rings is 1. The van der Waals surface area contributed by atoms with Crippen LogP contribution in [-0.2, 0) is 0 Å². The van der Waals surface area contributed by atoms with E-state index in [2.05, 4.69) is 15.2 Å². The molecule has 1 unspecified atom stereocenters. The van der Waals surface area contributed by atoms with Gasteiger partial charge in [0.25, 0.3) is 5.91 Å². The molecule has 0 aliphatic carbocycles. The van der Waals surface area contributed by atoms with Gasteiger partial charge in [-0.2, -0.15) is 0 Å². The van der Waals surface area contributed by atoms with Gasteiger partial charge in [-0.3, -0.25) is 4.79 Å². The summed E-state index contributed by atoms with van der Waals surface area (Å²) in [5.74, 6) is 0.285. The zero-order valence-corrected chi connectivity index (χ0v) is 12.9. The van der Waals surface area contributed by atoms with Crippen molar-refractivity contribution in [2.24, 2.45) is 5.92 Å². The standard InChI is InChI=1S/C18H20FN3O/c19-14-3-1-12(2-4-14)15-5-6-16(20-15)18(23)21-17-11-22-9-7-13(17)8-10-22/h1-6,13,17,20H,7-11H2,(H,21,23). The van der Waals surface area contributed by atoms with Crippen LogP contribution < -0.4 is 5.32 Å². The largest absolute Gasteiger partial charge is 0.351 e. The SMILES string of the molecule is O=C(NC1CN2CCC1CC2)c1ccc(-c2ccc(F)cc2)[nH]1. The van der Waals surface area contributed by atoms with Crippen LogP contribution in [0.2, 0.25) is 0 Å². The smallest absolute Gasteiger partial charge is 0.267 e. The van der Waals surface area contributed by atoms with Crippen LogP contribution in [-0.4, -0.2) is 41.5 Å². The first-order valence-corrected chi connectivity index (χ1v) is 8.17. The van der Waals surface area contributed by atoms with Gasteiger partial charge in [0, 0.05) is 18.3 Å². The van der Waals surface area contributed by atoms with Crippen LogP contribution in [0.15, 0.2) is 36.4 Å². The second-order valence-electron chi connectivity index (χ2n) is 6.51. The van der Waals surface area contributed by atoms with Crippen molar-refractivity contribution >= 4 is 5.91 Å². The number of carbonyl (C=O) groups is 1. The van der Waals surface area contributed by atoms with Crippen molar-refractivity contribution in [1.29, 1.82) is 0 Å². The Hall–Kier alpha value is -2.14. The third-order valence-electron chi connectivity index (χ3n) is 5.06. The topological polar surface area (TPSA) is 48.1 Å². The maximum Gasteiger partial charge on any atom is 0.267 e. The van der Waals surface area contributed by atoms with Crippen molar-refractivity contribution in [3.05, 3.63) is 47.9 Å². The third-order valence-corrected chi connectivity index (χ3v) is 5.06. The molecule has 2 aromatic rings. The molecule has 2 N–H and O–H groups in total. The monoisotopic (exact) mass is 313 g/mol. The quantitative estimate of drug-likeness (QED) is 0.915. The average Bonchev–Trinajstić information content (AvgIpc) is 3.07. The van der Waals surface area contributed by atoms with E-state index in [0.717, 1.165) is 30.9 Å². The Labute approximate surface area is 134 Å². The molecule has 0 radical (unpaired) electrons. The molecule has 3 saturated heterocycles. The van der Waals surface area contributed by atoms with Gasteiger partial charge >= 0.3 is 0 Å². The summed E-state index contributed by atoms with van der Waals surface area (Å²) >= 11 is 0. The maximum absolute atomic E-state index is 13.0. The lowest BCUT2D eigenvalue weighted by molar-refractivity contribution is 0.0618. The highest BCUT2D eigenvalue weighted by Gasteiger charge is 2.35. The molecule has 1 aromatic heterocycles. The minimum absolute atomic E-state index is 0.0582. The number of hydrogen-bond acceptors (Lipinski definition) is 2. The van der Waals surface area contributed by atoms with Crippen LogP contribution in [0.3, 0.4) is 0 Å². The van der Waals surface area contributed by atoms with Gasteiger partial charge in [0.05, 0.1) is 0 Å². The van der Waals surface area contributed by atoms with Gasteiger partial charge in [-0.25, -0.2) is 4.39 Å². The summed E-state index contributed by atoms with van der Waals surface area (Å²) in [5.41, 5.74) is 2.25. The number of piperidine rings is 3. The highest BCUT2D eigenvalue weighted by atomic mass is 19.1. The van der Waals surface area contributed by atoms with Crippen LogP contribution >= 0.6 is 0 Å². The first-order valence-electron chi connectivity index (χ1n) is 8.17. The van der Waals surface area contributed by atoms with Gasteiger partial charge in [0.2, 0.25) is 0 Å².